The van der Waals surface area contributed by atoms with E-state index in [0.29, 0.717) is 16.4 Å². The Morgan fingerprint density at radius 1 is 1.17 bits per heavy atom. The van der Waals surface area contributed by atoms with Crippen LogP contribution in [0, 0.1) is 5.82 Å². The van der Waals surface area contributed by atoms with Crippen molar-refractivity contribution >= 4 is 28.0 Å². The Morgan fingerprint density at radius 2 is 2.00 bits per heavy atom. The van der Waals surface area contributed by atoms with Crippen LogP contribution in [0.1, 0.15) is 10.4 Å². The number of halogens is 1. The van der Waals surface area contributed by atoms with E-state index < -0.39 is 17.4 Å². The maximum absolute atomic E-state index is 13.4. The van der Waals surface area contributed by atoms with E-state index in [1.807, 2.05) is 0 Å². The number of hydrogen-bond donors (Lipinski definition) is 2. The van der Waals surface area contributed by atoms with Gasteiger partial charge in [-0.15, -0.1) is 0 Å². The number of aromatic carboxylic acids is 1. The summed E-state index contributed by atoms with van der Waals surface area (Å²) in [4.78, 5) is 30.3. The lowest BCUT2D eigenvalue weighted by Gasteiger charge is -1.99. The lowest BCUT2D eigenvalue weighted by atomic mass is 10.2. The van der Waals surface area contributed by atoms with Gasteiger partial charge in [0, 0.05) is 5.39 Å². The van der Waals surface area contributed by atoms with Crippen molar-refractivity contribution in [2.45, 2.75) is 0 Å². The minimum Gasteiger partial charge on any atom is -0.478 e. The molecule has 0 aliphatic carbocycles. The molecule has 0 saturated heterocycles. The van der Waals surface area contributed by atoms with Crippen molar-refractivity contribution in [1.82, 2.24) is 9.97 Å². The van der Waals surface area contributed by atoms with Crippen LogP contribution in [0.4, 0.5) is 4.39 Å². The molecule has 24 heavy (non-hydrogen) atoms. The van der Waals surface area contributed by atoms with Gasteiger partial charge in [-0.05, 0) is 42.5 Å². The molecule has 0 aliphatic rings. The monoisotopic (exact) mass is 324 g/mol. The van der Waals surface area contributed by atoms with Gasteiger partial charge >= 0.3 is 11.6 Å². The highest BCUT2D eigenvalue weighted by Crippen LogP contribution is 2.23. The molecular formula is C17H9FN2O4. The van der Waals surface area contributed by atoms with Crippen LogP contribution in [0.5, 0.6) is 0 Å². The molecule has 0 fully saturated rings. The zero-order valence-corrected chi connectivity index (χ0v) is 12.0. The summed E-state index contributed by atoms with van der Waals surface area (Å²) in [7, 11) is 0. The first-order valence-corrected chi connectivity index (χ1v) is 6.98. The fraction of sp³-hybridized carbons (Fsp3) is 0. The smallest absolute Gasteiger partial charge is 0.347 e. The molecule has 0 aliphatic heterocycles. The zero-order chi connectivity index (χ0) is 16.8. The minimum atomic E-state index is -1.06. The zero-order valence-electron chi connectivity index (χ0n) is 12.0. The first-order valence-electron chi connectivity index (χ1n) is 6.98. The van der Waals surface area contributed by atoms with Crippen molar-refractivity contribution in [2.24, 2.45) is 0 Å². The van der Waals surface area contributed by atoms with Crippen LogP contribution in [0.25, 0.3) is 33.4 Å². The summed E-state index contributed by atoms with van der Waals surface area (Å²) in [6.45, 7) is 0. The van der Waals surface area contributed by atoms with Crippen molar-refractivity contribution in [3.05, 3.63) is 64.3 Å². The van der Waals surface area contributed by atoms with Crippen molar-refractivity contribution in [3.8, 4) is 11.4 Å². The van der Waals surface area contributed by atoms with Crippen LogP contribution in [-0.2, 0) is 0 Å². The van der Waals surface area contributed by atoms with Gasteiger partial charge in [-0.2, -0.15) is 0 Å². The fourth-order valence-corrected chi connectivity index (χ4v) is 2.53. The summed E-state index contributed by atoms with van der Waals surface area (Å²) >= 11 is 0. The van der Waals surface area contributed by atoms with Crippen LogP contribution in [0.3, 0.4) is 0 Å². The van der Waals surface area contributed by atoms with Gasteiger partial charge in [-0.3, -0.25) is 0 Å². The van der Waals surface area contributed by atoms with Gasteiger partial charge in [0.1, 0.15) is 22.8 Å². The van der Waals surface area contributed by atoms with Gasteiger partial charge in [-0.25, -0.2) is 19.0 Å². The second kappa shape index (κ2) is 5.02. The van der Waals surface area contributed by atoms with Crippen LogP contribution in [0.15, 0.2) is 51.7 Å². The predicted molar refractivity (Wildman–Crippen MR) is 84.5 cm³/mol. The van der Waals surface area contributed by atoms with E-state index in [2.05, 4.69) is 9.97 Å². The van der Waals surface area contributed by atoms with E-state index >= 15 is 0 Å². The predicted octanol–water partition coefficient (Wildman–Crippen LogP) is 3.17. The summed E-state index contributed by atoms with van der Waals surface area (Å²) in [6.07, 6.45) is 0. The molecule has 2 aromatic heterocycles. The summed E-state index contributed by atoms with van der Waals surface area (Å²) in [5.74, 6) is -1.28. The molecule has 0 amide bonds. The van der Waals surface area contributed by atoms with Gasteiger partial charge in [0.2, 0.25) is 0 Å². The molecule has 0 unspecified atom stereocenters. The number of H-pyrrole nitrogens is 1. The lowest BCUT2D eigenvalue weighted by molar-refractivity contribution is 0.0697. The molecule has 118 valence electrons. The highest BCUT2D eigenvalue weighted by atomic mass is 19.1. The molecule has 2 N–H and O–H groups in total. The van der Waals surface area contributed by atoms with Crippen molar-refractivity contribution in [1.29, 1.82) is 0 Å². The third-order valence-electron chi connectivity index (χ3n) is 3.68. The number of nitrogens with zero attached hydrogens (tertiary/aromatic N) is 1. The topological polar surface area (TPSA) is 96.2 Å². The van der Waals surface area contributed by atoms with Gasteiger partial charge in [0.25, 0.3) is 0 Å². The summed E-state index contributed by atoms with van der Waals surface area (Å²) in [5, 5.41) is 9.45. The Morgan fingerprint density at radius 3 is 2.79 bits per heavy atom. The molecule has 4 aromatic rings. The maximum atomic E-state index is 13.4. The Labute approximate surface area is 133 Å². The van der Waals surface area contributed by atoms with E-state index in [1.165, 1.54) is 36.4 Å². The van der Waals surface area contributed by atoms with Crippen LogP contribution in [-0.4, -0.2) is 21.0 Å². The molecule has 0 bridgehead atoms. The van der Waals surface area contributed by atoms with Crippen molar-refractivity contribution in [3.63, 3.8) is 0 Å². The normalized spacial score (nSPS) is 11.2. The number of carbonyl (C=O) groups is 1. The summed E-state index contributed by atoms with van der Waals surface area (Å²) in [6, 6.07) is 9.73. The van der Waals surface area contributed by atoms with Crippen LogP contribution in [0.2, 0.25) is 0 Å². The molecule has 7 heteroatoms. The number of benzene rings is 2. The highest BCUT2D eigenvalue weighted by Gasteiger charge is 2.14. The number of hydrogen-bond acceptors (Lipinski definition) is 4. The quantitative estimate of drug-likeness (QED) is 0.552. The number of aromatic nitrogens is 2. The van der Waals surface area contributed by atoms with Gasteiger partial charge in [0.05, 0.1) is 16.6 Å². The fourth-order valence-electron chi connectivity index (χ4n) is 2.53. The van der Waals surface area contributed by atoms with Crippen LogP contribution < -0.4 is 5.63 Å². The number of imidazole rings is 1. The molecule has 0 spiro atoms. The van der Waals surface area contributed by atoms with E-state index in [-0.39, 0.29) is 22.5 Å². The van der Waals surface area contributed by atoms with E-state index in [1.54, 1.807) is 6.07 Å². The second-order valence-corrected chi connectivity index (χ2v) is 5.25. The minimum absolute atomic E-state index is 0.102. The van der Waals surface area contributed by atoms with Gasteiger partial charge < -0.3 is 14.5 Å². The van der Waals surface area contributed by atoms with Gasteiger partial charge in [-0.1, -0.05) is 0 Å². The molecule has 0 atom stereocenters. The molecule has 2 heterocycles. The van der Waals surface area contributed by atoms with E-state index in [9.17, 15) is 14.0 Å². The largest absolute Gasteiger partial charge is 0.478 e. The van der Waals surface area contributed by atoms with Crippen molar-refractivity contribution < 1.29 is 18.7 Å². The van der Waals surface area contributed by atoms with Crippen molar-refractivity contribution in [2.75, 3.05) is 0 Å². The number of rotatable bonds is 2. The Balaban J connectivity index is 1.93. The number of carboxylic acids is 1. The third-order valence-corrected chi connectivity index (χ3v) is 3.68. The average molecular weight is 324 g/mol. The average Bonchev–Trinajstić information content (AvgIpc) is 2.97. The van der Waals surface area contributed by atoms with Gasteiger partial charge in [0.15, 0.2) is 0 Å². The molecule has 4 rings (SSSR count). The summed E-state index contributed by atoms with van der Waals surface area (Å²) in [5.41, 5.74) is 0.880. The number of aromatic amines is 1. The molecule has 0 radical (unpaired) electrons. The third kappa shape index (κ3) is 2.23. The maximum Gasteiger partial charge on any atom is 0.347 e. The Hall–Kier alpha value is -3.48. The number of nitrogens with one attached hydrogen (secondary N) is 1. The first-order chi connectivity index (χ1) is 11.5. The Bertz CT molecular complexity index is 1180. The SMILES string of the molecule is O=C(O)c1ccc2nc(-c3cc4cc(F)ccc4oc3=O)[nH]c2c1. The highest BCUT2D eigenvalue weighted by molar-refractivity contribution is 5.93. The van der Waals surface area contributed by atoms with E-state index in [4.69, 9.17) is 9.52 Å². The van der Waals surface area contributed by atoms with Crippen LogP contribution >= 0.6 is 0 Å². The number of fused-ring (bicyclic) bond motifs is 2. The molecular weight excluding hydrogens is 315 g/mol. The Kier molecular flexibility index (Phi) is 2.96. The molecule has 6 nitrogen and oxygen atoms in total. The molecule has 0 saturated carbocycles. The first kappa shape index (κ1) is 14.1. The van der Waals surface area contributed by atoms with E-state index in [0.717, 1.165) is 0 Å². The molecule has 2 aromatic carbocycles. The lowest BCUT2D eigenvalue weighted by Crippen LogP contribution is -2.03. The summed E-state index contributed by atoms with van der Waals surface area (Å²) < 4.78 is 18.5. The number of carboxylic acid groups (broad SMARTS) is 1. The second-order valence-electron chi connectivity index (χ2n) is 5.25. The standard InChI is InChI=1S/C17H9FN2O4/c18-10-2-4-14-9(5-10)6-11(17(23)24-14)15-19-12-3-1-8(16(21)22)7-13(12)20-15/h1-7H,(H,19,20)(H,21,22).